The van der Waals surface area contributed by atoms with Crippen molar-refractivity contribution in [3.8, 4) is 0 Å². The summed E-state index contributed by atoms with van der Waals surface area (Å²) in [5.41, 5.74) is 2.81. The second kappa shape index (κ2) is 7.73. The van der Waals surface area contributed by atoms with Crippen molar-refractivity contribution in [2.45, 2.75) is 39.0 Å². The van der Waals surface area contributed by atoms with Crippen LogP contribution < -0.4 is 0 Å². The molecule has 0 amide bonds. The van der Waals surface area contributed by atoms with Crippen molar-refractivity contribution < 1.29 is 9.13 Å². The number of aryl methyl sites for hydroxylation is 1. The number of hydrogen-bond acceptors (Lipinski definition) is 3. The quantitative estimate of drug-likeness (QED) is 0.777. The highest BCUT2D eigenvalue weighted by Gasteiger charge is 2.21. The first kappa shape index (κ1) is 16.9. The molecule has 0 saturated carbocycles. The predicted octanol–water partition coefficient (Wildman–Crippen LogP) is 3.61. The SMILES string of the molecule is C=Cn1cc(CN(Cc2ccccc2F)CC2CCCO2)c(C)n1. The van der Waals surface area contributed by atoms with Gasteiger partial charge >= 0.3 is 0 Å². The molecule has 1 fully saturated rings. The zero-order valence-corrected chi connectivity index (χ0v) is 14.1. The van der Waals surface area contributed by atoms with Crippen molar-refractivity contribution in [2.75, 3.05) is 13.2 Å². The summed E-state index contributed by atoms with van der Waals surface area (Å²) in [5, 5.41) is 4.41. The molecule has 1 saturated heterocycles. The molecule has 0 aliphatic carbocycles. The molecule has 5 heteroatoms. The zero-order valence-electron chi connectivity index (χ0n) is 14.1. The van der Waals surface area contributed by atoms with E-state index in [2.05, 4.69) is 16.6 Å². The van der Waals surface area contributed by atoms with E-state index in [0.717, 1.165) is 37.3 Å². The van der Waals surface area contributed by atoms with E-state index in [1.54, 1.807) is 16.9 Å². The minimum absolute atomic E-state index is 0.159. The summed E-state index contributed by atoms with van der Waals surface area (Å²) in [6, 6.07) is 6.96. The summed E-state index contributed by atoms with van der Waals surface area (Å²) in [5.74, 6) is -0.159. The third kappa shape index (κ3) is 4.10. The number of ether oxygens (including phenoxy) is 1. The van der Waals surface area contributed by atoms with E-state index in [-0.39, 0.29) is 11.9 Å². The molecule has 1 atom stereocenters. The van der Waals surface area contributed by atoms with Gasteiger partial charge in [-0.25, -0.2) is 9.07 Å². The van der Waals surface area contributed by atoms with Gasteiger partial charge in [-0.1, -0.05) is 24.8 Å². The van der Waals surface area contributed by atoms with E-state index in [0.29, 0.717) is 18.7 Å². The predicted molar refractivity (Wildman–Crippen MR) is 92.8 cm³/mol. The molecular weight excluding hydrogens is 305 g/mol. The molecule has 0 radical (unpaired) electrons. The molecule has 2 aromatic rings. The van der Waals surface area contributed by atoms with E-state index >= 15 is 0 Å². The molecule has 2 heterocycles. The van der Waals surface area contributed by atoms with E-state index in [4.69, 9.17) is 4.74 Å². The highest BCUT2D eigenvalue weighted by molar-refractivity contribution is 5.24. The Kier molecular flexibility index (Phi) is 5.43. The molecular formula is C19H24FN3O. The molecule has 3 rings (SSSR count). The monoisotopic (exact) mass is 329 g/mol. The van der Waals surface area contributed by atoms with Crippen LogP contribution in [0.25, 0.3) is 6.20 Å². The fraction of sp³-hybridized carbons (Fsp3) is 0.421. The van der Waals surface area contributed by atoms with Gasteiger partial charge in [-0.15, -0.1) is 0 Å². The molecule has 24 heavy (non-hydrogen) atoms. The van der Waals surface area contributed by atoms with Crippen LogP contribution in [0.4, 0.5) is 4.39 Å². The molecule has 1 aliphatic rings. The van der Waals surface area contributed by atoms with E-state index < -0.39 is 0 Å². The maximum atomic E-state index is 14.1. The summed E-state index contributed by atoms with van der Waals surface area (Å²) in [7, 11) is 0. The molecule has 4 nitrogen and oxygen atoms in total. The molecule has 1 unspecified atom stereocenters. The van der Waals surface area contributed by atoms with Gasteiger partial charge in [0.25, 0.3) is 0 Å². The van der Waals surface area contributed by atoms with Crippen LogP contribution in [-0.2, 0) is 17.8 Å². The summed E-state index contributed by atoms with van der Waals surface area (Å²) >= 11 is 0. The van der Waals surface area contributed by atoms with Crippen molar-refractivity contribution in [1.82, 2.24) is 14.7 Å². The Hall–Kier alpha value is -1.98. The van der Waals surface area contributed by atoms with Crippen molar-refractivity contribution in [1.29, 1.82) is 0 Å². The lowest BCUT2D eigenvalue weighted by Crippen LogP contribution is -2.31. The van der Waals surface area contributed by atoms with Crippen molar-refractivity contribution in [3.05, 3.63) is 59.7 Å². The highest BCUT2D eigenvalue weighted by atomic mass is 19.1. The Labute approximate surface area is 142 Å². The second-order valence-electron chi connectivity index (χ2n) is 6.30. The van der Waals surface area contributed by atoms with Crippen LogP contribution in [0.2, 0.25) is 0 Å². The van der Waals surface area contributed by atoms with Crippen LogP contribution in [0.3, 0.4) is 0 Å². The molecule has 0 N–H and O–H groups in total. The van der Waals surface area contributed by atoms with Gasteiger partial charge in [0.15, 0.2) is 0 Å². The van der Waals surface area contributed by atoms with Crippen molar-refractivity contribution in [3.63, 3.8) is 0 Å². The Morgan fingerprint density at radius 2 is 2.17 bits per heavy atom. The largest absolute Gasteiger partial charge is 0.377 e. The van der Waals surface area contributed by atoms with E-state index in [9.17, 15) is 4.39 Å². The summed E-state index contributed by atoms with van der Waals surface area (Å²) < 4.78 is 21.5. The van der Waals surface area contributed by atoms with Crippen LogP contribution in [0, 0.1) is 12.7 Å². The first-order valence-corrected chi connectivity index (χ1v) is 8.40. The van der Waals surface area contributed by atoms with Gasteiger partial charge in [0.1, 0.15) is 5.82 Å². The first-order chi connectivity index (χ1) is 11.7. The number of aromatic nitrogens is 2. The van der Waals surface area contributed by atoms with Gasteiger partial charge in [-0.3, -0.25) is 4.90 Å². The maximum absolute atomic E-state index is 14.1. The summed E-state index contributed by atoms with van der Waals surface area (Å²) in [6.07, 6.45) is 6.06. The van der Waals surface area contributed by atoms with Gasteiger partial charge in [-0.05, 0) is 25.8 Å². The fourth-order valence-corrected chi connectivity index (χ4v) is 3.14. The number of rotatable bonds is 7. The summed E-state index contributed by atoms with van der Waals surface area (Å²) in [4.78, 5) is 2.24. The molecule has 1 aliphatic heterocycles. The smallest absolute Gasteiger partial charge is 0.127 e. The zero-order chi connectivity index (χ0) is 16.9. The van der Waals surface area contributed by atoms with Gasteiger partial charge in [0.05, 0.1) is 11.8 Å². The van der Waals surface area contributed by atoms with Crippen LogP contribution in [0.15, 0.2) is 37.0 Å². The van der Waals surface area contributed by atoms with Crippen LogP contribution in [0.5, 0.6) is 0 Å². The van der Waals surface area contributed by atoms with E-state index in [1.165, 1.54) is 6.07 Å². The number of benzene rings is 1. The van der Waals surface area contributed by atoms with Gasteiger partial charge in [0.2, 0.25) is 0 Å². The topological polar surface area (TPSA) is 30.3 Å². The molecule has 1 aromatic carbocycles. The van der Waals surface area contributed by atoms with Crippen molar-refractivity contribution in [2.24, 2.45) is 0 Å². The first-order valence-electron chi connectivity index (χ1n) is 8.40. The lowest BCUT2D eigenvalue weighted by atomic mass is 10.1. The molecule has 128 valence electrons. The van der Waals surface area contributed by atoms with Gasteiger partial charge < -0.3 is 4.74 Å². The number of hydrogen-bond donors (Lipinski definition) is 0. The third-order valence-corrected chi connectivity index (χ3v) is 4.44. The Morgan fingerprint density at radius 3 is 2.83 bits per heavy atom. The lowest BCUT2D eigenvalue weighted by Gasteiger charge is -2.25. The standard InChI is InChI=1S/C19H24FN3O/c1-3-23-13-17(15(2)21-23)12-22(14-18-8-6-10-24-18)11-16-7-4-5-9-19(16)20/h3-5,7,9,13,18H,1,6,8,10-12,14H2,2H3. The van der Waals surface area contributed by atoms with Gasteiger partial charge in [0, 0.05) is 49.8 Å². The van der Waals surface area contributed by atoms with Crippen LogP contribution in [-0.4, -0.2) is 33.9 Å². The molecule has 0 spiro atoms. The van der Waals surface area contributed by atoms with Crippen LogP contribution in [0.1, 0.15) is 29.7 Å². The highest BCUT2D eigenvalue weighted by Crippen LogP contribution is 2.19. The van der Waals surface area contributed by atoms with Crippen LogP contribution >= 0.6 is 0 Å². The van der Waals surface area contributed by atoms with E-state index in [1.807, 2.05) is 25.3 Å². The normalized spacial score (nSPS) is 17.5. The average Bonchev–Trinajstić information content (AvgIpc) is 3.20. The lowest BCUT2D eigenvalue weighted by molar-refractivity contribution is 0.0674. The maximum Gasteiger partial charge on any atom is 0.127 e. The summed E-state index contributed by atoms with van der Waals surface area (Å²) in [6.45, 7) is 8.63. The molecule has 1 aromatic heterocycles. The van der Waals surface area contributed by atoms with Gasteiger partial charge in [-0.2, -0.15) is 5.10 Å². The second-order valence-corrected chi connectivity index (χ2v) is 6.30. The minimum atomic E-state index is -0.159. The Balaban J connectivity index is 1.76. The minimum Gasteiger partial charge on any atom is -0.377 e. The fourth-order valence-electron chi connectivity index (χ4n) is 3.14. The Morgan fingerprint density at radius 1 is 1.38 bits per heavy atom. The third-order valence-electron chi connectivity index (χ3n) is 4.44. The van der Waals surface area contributed by atoms with Crippen molar-refractivity contribution >= 4 is 6.20 Å². The Bertz CT molecular complexity index is 692. The number of halogens is 1. The average molecular weight is 329 g/mol. The number of nitrogens with zero attached hydrogens (tertiary/aromatic N) is 3. The molecule has 0 bridgehead atoms.